The van der Waals surface area contributed by atoms with Crippen molar-refractivity contribution in [3.8, 4) is 0 Å². The molecule has 148 valence electrons. The van der Waals surface area contributed by atoms with E-state index in [4.69, 9.17) is 0 Å². The van der Waals surface area contributed by atoms with Crippen molar-refractivity contribution in [2.45, 2.75) is 45.7 Å². The van der Waals surface area contributed by atoms with Gasteiger partial charge in [0.1, 0.15) is 5.01 Å². The molecule has 0 saturated carbocycles. The SMILES string of the molecule is CN=C(NCc1ccc2c(c1)CCCN2C)NCc1nc(C(C)C)cs1.I. The minimum atomic E-state index is 0. The average Bonchev–Trinajstić information content (AvgIpc) is 3.11. The zero-order chi connectivity index (χ0) is 18.5. The van der Waals surface area contributed by atoms with Crippen molar-refractivity contribution in [3.05, 3.63) is 45.4 Å². The fraction of sp³-hybridized carbons (Fsp3) is 0.500. The standard InChI is InChI=1S/C20H29N5S.HI/c1-14(2)17-13-26-19(24-17)12-23-20(21-3)22-11-15-7-8-18-16(10-15)6-5-9-25(18)4;/h7-8,10,13-14H,5-6,9,11-12H2,1-4H3,(H2,21,22,23);1H. The number of thiazole rings is 1. The molecule has 0 atom stereocenters. The van der Waals surface area contributed by atoms with Crippen LogP contribution in [0.4, 0.5) is 5.69 Å². The van der Waals surface area contributed by atoms with Crippen LogP contribution in [0.1, 0.15) is 48.0 Å². The third kappa shape index (κ3) is 5.81. The van der Waals surface area contributed by atoms with E-state index in [-0.39, 0.29) is 24.0 Å². The number of guanidine groups is 1. The first kappa shape index (κ1) is 21.9. The van der Waals surface area contributed by atoms with Crippen LogP contribution in [-0.4, -0.2) is 31.6 Å². The maximum absolute atomic E-state index is 4.66. The van der Waals surface area contributed by atoms with Gasteiger partial charge < -0.3 is 15.5 Å². The minimum Gasteiger partial charge on any atom is -0.374 e. The van der Waals surface area contributed by atoms with Gasteiger partial charge in [0, 0.05) is 38.3 Å². The number of aliphatic imine (C=N–C) groups is 1. The maximum Gasteiger partial charge on any atom is 0.191 e. The van der Waals surface area contributed by atoms with E-state index in [9.17, 15) is 0 Å². The van der Waals surface area contributed by atoms with Gasteiger partial charge in [0.15, 0.2) is 5.96 Å². The number of hydrogen-bond acceptors (Lipinski definition) is 4. The average molecular weight is 499 g/mol. The molecule has 2 heterocycles. The number of fused-ring (bicyclic) bond motifs is 1. The Bertz CT molecular complexity index is 771. The zero-order valence-corrected chi connectivity index (χ0v) is 19.7. The molecule has 1 aliphatic rings. The topological polar surface area (TPSA) is 52.6 Å². The molecule has 1 aliphatic heterocycles. The van der Waals surface area contributed by atoms with Crippen LogP contribution in [0.15, 0.2) is 28.6 Å². The lowest BCUT2D eigenvalue weighted by atomic mass is 9.99. The second-order valence-corrected chi connectivity index (χ2v) is 8.03. The van der Waals surface area contributed by atoms with Crippen LogP contribution in [-0.2, 0) is 19.5 Å². The van der Waals surface area contributed by atoms with Gasteiger partial charge in [-0.3, -0.25) is 4.99 Å². The molecule has 0 unspecified atom stereocenters. The van der Waals surface area contributed by atoms with Crippen molar-refractivity contribution in [1.29, 1.82) is 0 Å². The quantitative estimate of drug-likeness (QED) is 0.369. The Morgan fingerprint density at radius 3 is 2.78 bits per heavy atom. The fourth-order valence-electron chi connectivity index (χ4n) is 3.19. The monoisotopic (exact) mass is 499 g/mol. The molecule has 0 amide bonds. The number of halogens is 1. The van der Waals surface area contributed by atoms with Gasteiger partial charge in [0.2, 0.25) is 0 Å². The van der Waals surface area contributed by atoms with Crippen LogP contribution in [0, 0.1) is 0 Å². The van der Waals surface area contributed by atoms with E-state index in [0.717, 1.165) is 29.8 Å². The number of nitrogens with zero attached hydrogens (tertiary/aromatic N) is 3. The van der Waals surface area contributed by atoms with Crippen molar-refractivity contribution < 1.29 is 0 Å². The molecule has 0 fully saturated rings. The van der Waals surface area contributed by atoms with Crippen molar-refractivity contribution in [1.82, 2.24) is 15.6 Å². The summed E-state index contributed by atoms with van der Waals surface area (Å²) < 4.78 is 0. The van der Waals surface area contributed by atoms with Gasteiger partial charge in [0.05, 0.1) is 12.2 Å². The lowest BCUT2D eigenvalue weighted by Crippen LogP contribution is -2.36. The normalized spacial score (nSPS) is 14.0. The Kier molecular flexibility index (Phi) is 8.34. The molecule has 5 nitrogen and oxygen atoms in total. The molecule has 2 N–H and O–H groups in total. The van der Waals surface area contributed by atoms with E-state index in [1.807, 2.05) is 0 Å². The summed E-state index contributed by atoms with van der Waals surface area (Å²) in [6.45, 7) is 6.96. The molecule has 0 aliphatic carbocycles. The Balaban J connectivity index is 0.00000261. The Morgan fingerprint density at radius 2 is 2.07 bits per heavy atom. The van der Waals surface area contributed by atoms with Crippen molar-refractivity contribution in [2.24, 2.45) is 4.99 Å². The zero-order valence-electron chi connectivity index (χ0n) is 16.6. The highest BCUT2D eigenvalue weighted by Crippen LogP contribution is 2.26. The summed E-state index contributed by atoms with van der Waals surface area (Å²) in [5.41, 5.74) is 5.27. The van der Waals surface area contributed by atoms with E-state index in [1.165, 1.54) is 29.7 Å². The third-order valence-electron chi connectivity index (χ3n) is 4.75. The third-order valence-corrected chi connectivity index (χ3v) is 5.61. The molecule has 1 aromatic carbocycles. The predicted molar refractivity (Wildman–Crippen MR) is 127 cm³/mol. The van der Waals surface area contributed by atoms with Gasteiger partial charge in [0.25, 0.3) is 0 Å². The van der Waals surface area contributed by atoms with E-state index in [0.29, 0.717) is 12.5 Å². The Morgan fingerprint density at radius 1 is 1.30 bits per heavy atom. The summed E-state index contributed by atoms with van der Waals surface area (Å²) in [6.07, 6.45) is 2.40. The Hall–Kier alpha value is -1.35. The van der Waals surface area contributed by atoms with E-state index < -0.39 is 0 Å². The minimum absolute atomic E-state index is 0. The van der Waals surface area contributed by atoms with Crippen LogP contribution in [0.25, 0.3) is 0 Å². The van der Waals surface area contributed by atoms with Gasteiger partial charge in [-0.05, 0) is 36.0 Å². The van der Waals surface area contributed by atoms with Crippen LogP contribution in [0.5, 0.6) is 0 Å². The molecule has 0 radical (unpaired) electrons. The molecule has 2 aromatic rings. The highest BCUT2D eigenvalue weighted by atomic mass is 127. The molecular weight excluding hydrogens is 469 g/mol. The van der Waals surface area contributed by atoms with Gasteiger partial charge in [-0.15, -0.1) is 35.3 Å². The maximum atomic E-state index is 4.66. The first-order valence-electron chi connectivity index (χ1n) is 9.28. The van der Waals surface area contributed by atoms with Crippen molar-refractivity contribution in [2.75, 3.05) is 25.5 Å². The van der Waals surface area contributed by atoms with Crippen LogP contribution in [0.2, 0.25) is 0 Å². The Labute approximate surface area is 183 Å². The van der Waals surface area contributed by atoms with Crippen LogP contribution in [0.3, 0.4) is 0 Å². The molecular formula is C20H30IN5S. The summed E-state index contributed by atoms with van der Waals surface area (Å²) in [5, 5.41) is 9.99. The van der Waals surface area contributed by atoms with Crippen molar-refractivity contribution >= 4 is 47.0 Å². The van der Waals surface area contributed by atoms with Crippen molar-refractivity contribution in [3.63, 3.8) is 0 Å². The smallest absolute Gasteiger partial charge is 0.191 e. The summed E-state index contributed by atoms with van der Waals surface area (Å²) in [5.74, 6) is 1.28. The van der Waals surface area contributed by atoms with E-state index >= 15 is 0 Å². The molecule has 1 aromatic heterocycles. The largest absolute Gasteiger partial charge is 0.374 e. The molecule has 3 rings (SSSR count). The van der Waals surface area contributed by atoms with Gasteiger partial charge in [-0.1, -0.05) is 26.0 Å². The highest BCUT2D eigenvalue weighted by molar-refractivity contribution is 14.0. The first-order valence-corrected chi connectivity index (χ1v) is 10.2. The number of aryl methyl sites for hydroxylation is 1. The predicted octanol–water partition coefficient (Wildman–Crippen LogP) is 4.13. The summed E-state index contributed by atoms with van der Waals surface area (Å²) in [7, 11) is 3.98. The second kappa shape index (κ2) is 10.3. The fourth-order valence-corrected chi connectivity index (χ4v) is 4.08. The van der Waals surface area contributed by atoms with E-state index in [2.05, 4.69) is 70.0 Å². The molecule has 0 saturated heterocycles. The number of rotatable bonds is 5. The molecule has 27 heavy (non-hydrogen) atoms. The summed E-state index contributed by atoms with van der Waals surface area (Å²) in [6, 6.07) is 6.77. The number of benzene rings is 1. The lowest BCUT2D eigenvalue weighted by Gasteiger charge is -2.28. The lowest BCUT2D eigenvalue weighted by molar-refractivity contribution is 0.740. The molecule has 0 spiro atoms. The van der Waals surface area contributed by atoms with Crippen LogP contribution >= 0.6 is 35.3 Å². The number of nitrogens with one attached hydrogen (secondary N) is 2. The molecule has 0 bridgehead atoms. The molecule has 7 heteroatoms. The second-order valence-electron chi connectivity index (χ2n) is 7.09. The summed E-state index contributed by atoms with van der Waals surface area (Å²) >= 11 is 1.70. The highest BCUT2D eigenvalue weighted by Gasteiger charge is 2.13. The van der Waals surface area contributed by atoms with E-state index in [1.54, 1.807) is 18.4 Å². The van der Waals surface area contributed by atoms with Gasteiger partial charge >= 0.3 is 0 Å². The van der Waals surface area contributed by atoms with Gasteiger partial charge in [-0.2, -0.15) is 0 Å². The number of anilines is 1. The summed E-state index contributed by atoms with van der Waals surface area (Å²) in [4.78, 5) is 11.3. The van der Waals surface area contributed by atoms with Crippen LogP contribution < -0.4 is 15.5 Å². The number of hydrogen-bond donors (Lipinski definition) is 2. The number of aromatic nitrogens is 1. The first-order chi connectivity index (χ1) is 12.6. The van der Waals surface area contributed by atoms with Gasteiger partial charge in [-0.25, -0.2) is 4.98 Å².